The van der Waals surface area contributed by atoms with Gasteiger partial charge in [-0.25, -0.2) is 0 Å². The largest absolute Gasteiger partial charge is 0.318 e. The van der Waals surface area contributed by atoms with Gasteiger partial charge in [-0.05, 0) is 53.5 Å². The summed E-state index contributed by atoms with van der Waals surface area (Å²) in [5.41, 5.74) is 1.27. The number of nitrogens with zero attached hydrogens (tertiary/aromatic N) is 1. The van der Waals surface area contributed by atoms with Gasteiger partial charge in [0.1, 0.15) is 11.7 Å². The van der Waals surface area contributed by atoms with E-state index < -0.39 is 0 Å². The molecule has 3 aliphatic rings. The third-order valence-corrected chi connectivity index (χ3v) is 6.43. The average molecular weight is 304 g/mol. The minimum atomic E-state index is -0.222. The van der Waals surface area contributed by atoms with E-state index in [1.807, 2.05) is 0 Å². The van der Waals surface area contributed by atoms with E-state index in [2.05, 4.69) is 40.9 Å². The number of rotatable bonds is 2. The van der Waals surface area contributed by atoms with Crippen molar-refractivity contribution in [2.45, 2.75) is 70.1 Å². The second-order valence-corrected chi connectivity index (χ2v) is 8.43. The highest BCUT2D eigenvalue weighted by Crippen LogP contribution is 2.51. The molecule has 0 aromatic carbocycles. The number of thiophene rings is 1. The highest BCUT2D eigenvalue weighted by Gasteiger charge is 2.61. The summed E-state index contributed by atoms with van der Waals surface area (Å²) in [4.78, 5) is 15.3. The molecule has 1 saturated heterocycles. The Morgan fingerprint density at radius 3 is 2.71 bits per heavy atom. The maximum absolute atomic E-state index is 13.0. The van der Waals surface area contributed by atoms with Crippen LogP contribution in [0.3, 0.4) is 0 Å². The van der Waals surface area contributed by atoms with E-state index in [0.717, 1.165) is 19.3 Å². The summed E-state index contributed by atoms with van der Waals surface area (Å²) >= 11 is 1.72. The maximum atomic E-state index is 13.0. The zero-order valence-electron chi connectivity index (χ0n) is 12.9. The molecule has 0 radical (unpaired) electrons. The molecule has 2 aliphatic carbocycles. The van der Waals surface area contributed by atoms with Crippen molar-refractivity contribution in [3.05, 3.63) is 22.4 Å². The molecular formula is C17H24N2OS. The second-order valence-electron chi connectivity index (χ2n) is 7.65. The standard InChI is InChI=1S/C17H24N2OS/c1-16(2)7-4-3-5-13(16)19-14(12-6-10-21-11-12)18-17(8-9-17)15(19)20/h6,10-11,13-14,18H,3-5,7-9H2,1-2H3. The molecule has 4 heteroatoms. The fraction of sp³-hybridized carbons (Fsp3) is 0.706. The van der Waals surface area contributed by atoms with E-state index in [1.54, 1.807) is 11.3 Å². The molecule has 0 bridgehead atoms. The molecule has 4 rings (SSSR count). The van der Waals surface area contributed by atoms with Crippen molar-refractivity contribution in [2.24, 2.45) is 5.41 Å². The first-order chi connectivity index (χ1) is 10.0. The van der Waals surface area contributed by atoms with E-state index in [9.17, 15) is 4.79 Å². The van der Waals surface area contributed by atoms with Crippen LogP contribution in [0.15, 0.2) is 16.8 Å². The van der Waals surface area contributed by atoms with E-state index in [-0.39, 0.29) is 17.1 Å². The molecule has 114 valence electrons. The van der Waals surface area contributed by atoms with Gasteiger partial charge in [-0.3, -0.25) is 10.1 Å². The Bertz CT molecular complexity index is 547. The highest BCUT2D eigenvalue weighted by atomic mass is 32.1. The first-order valence-corrected chi connectivity index (χ1v) is 9.10. The Balaban J connectivity index is 1.71. The Hall–Kier alpha value is -0.870. The Morgan fingerprint density at radius 1 is 1.29 bits per heavy atom. The molecule has 1 aliphatic heterocycles. The summed E-state index contributed by atoms with van der Waals surface area (Å²) in [6.07, 6.45) is 7.04. The van der Waals surface area contributed by atoms with E-state index >= 15 is 0 Å². The fourth-order valence-electron chi connectivity index (χ4n) is 4.23. The summed E-state index contributed by atoms with van der Waals surface area (Å²) in [7, 11) is 0. The zero-order valence-corrected chi connectivity index (χ0v) is 13.7. The molecule has 1 aromatic rings. The molecule has 21 heavy (non-hydrogen) atoms. The van der Waals surface area contributed by atoms with E-state index in [0.29, 0.717) is 11.9 Å². The topological polar surface area (TPSA) is 32.3 Å². The SMILES string of the molecule is CC1(C)CCCCC1N1C(=O)C2(CC2)NC1c1ccsc1. The molecular weight excluding hydrogens is 280 g/mol. The van der Waals surface area contributed by atoms with Gasteiger partial charge >= 0.3 is 0 Å². The third-order valence-electron chi connectivity index (χ3n) is 5.73. The molecule has 2 unspecified atom stereocenters. The lowest BCUT2D eigenvalue weighted by Crippen LogP contribution is -2.49. The van der Waals surface area contributed by atoms with Crippen molar-refractivity contribution in [2.75, 3.05) is 0 Å². The summed E-state index contributed by atoms with van der Waals surface area (Å²) in [6.45, 7) is 4.68. The fourth-order valence-corrected chi connectivity index (χ4v) is 4.91. The van der Waals surface area contributed by atoms with Gasteiger partial charge < -0.3 is 4.90 Å². The van der Waals surface area contributed by atoms with E-state index in [1.165, 1.54) is 24.8 Å². The highest BCUT2D eigenvalue weighted by molar-refractivity contribution is 7.08. The molecule has 3 nitrogen and oxygen atoms in total. The van der Waals surface area contributed by atoms with Crippen LogP contribution < -0.4 is 5.32 Å². The third kappa shape index (κ3) is 2.07. The number of carbonyl (C=O) groups excluding carboxylic acids is 1. The maximum Gasteiger partial charge on any atom is 0.244 e. The van der Waals surface area contributed by atoms with Gasteiger partial charge in [0.2, 0.25) is 5.91 Å². The molecule has 1 spiro atoms. The van der Waals surface area contributed by atoms with Crippen LogP contribution in [0.25, 0.3) is 0 Å². The van der Waals surface area contributed by atoms with E-state index in [4.69, 9.17) is 0 Å². The smallest absolute Gasteiger partial charge is 0.244 e. The summed E-state index contributed by atoms with van der Waals surface area (Å²) < 4.78 is 0. The minimum absolute atomic E-state index is 0.0913. The normalized spacial score (nSPS) is 33.6. The quantitative estimate of drug-likeness (QED) is 0.904. The lowest BCUT2D eigenvalue weighted by atomic mass is 9.72. The molecule has 2 saturated carbocycles. The first kappa shape index (κ1) is 13.8. The van der Waals surface area contributed by atoms with Gasteiger partial charge in [0.15, 0.2) is 0 Å². The summed E-state index contributed by atoms with van der Waals surface area (Å²) in [5, 5.41) is 7.97. The van der Waals surface area contributed by atoms with Crippen LogP contribution >= 0.6 is 11.3 Å². The second kappa shape index (κ2) is 4.56. The lowest BCUT2D eigenvalue weighted by molar-refractivity contribution is -0.137. The zero-order chi connectivity index (χ0) is 14.7. The number of hydrogen-bond acceptors (Lipinski definition) is 3. The number of amides is 1. The Morgan fingerprint density at radius 2 is 2.10 bits per heavy atom. The molecule has 2 atom stereocenters. The summed E-state index contributed by atoms with van der Waals surface area (Å²) in [6, 6.07) is 2.54. The molecule has 2 heterocycles. The van der Waals surface area contributed by atoms with Crippen molar-refractivity contribution in [1.29, 1.82) is 0 Å². The molecule has 1 aromatic heterocycles. The predicted octanol–water partition coefficient (Wildman–Crippen LogP) is 3.68. The van der Waals surface area contributed by atoms with Crippen molar-refractivity contribution >= 4 is 17.2 Å². The van der Waals surface area contributed by atoms with Crippen molar-refractivity contribution in [3.63, 3.8) is 0 Å². The van der Waals surface area contributed by atoms with Crippen molar-refractivity contribution in [1.82, 2.24) is 10.2 Å². The van der Waals surface area contributed by atoms with Crippen molar-refractivity contribution < 1.29 is 4.79 Å². The lowest BCUT2D eigenvalue weighted by Gasteiger charge is -2.45. The van der Waals surface area contributed by atoms with Gasteiger partial charge in [0.05, 0.1) is 0 Å². The van der Waals surface area contributed by atoms with Gasteiger partial charge in [0, 0.05) is 6.04 Å². The average Bonchev–Trinajstić information content (AvgIpc) is 2.92. The number of nitrogens with one attached hydrogen (secondary N) is 1. The monoisotopic (exact) mass is 304 g/mol. The van der Waals surface area contributed by atoms with Crippen LogP contribution in [0.1, 0.15) is 64.1 Å². The Labute approximate surface area is 130 Å². The van der Waals surface area contributed by atoms with Crippen LogP contribution in [-0.4, -0.2) is 22.4 Å². The van der Waals surface area contributed by atoms with Crippen LogP contribution in [0.2, 0.25) is 0 Å². The van der Waals surface area contributed by atoms with Crippen LogP contribution in [0.4, 0.5) is 0 Å². The Kier molecular flexibility index (Phi) is 2.99. The molecule has 3 fully saturated rings. The van der Waals surface area contributed by atoms with Crippen LogP contribution in [-0.2, 0) is 4.79 Å². The van der Waals surface area contributed by atoms with Gasteiger partial charge in [-0.15, -0.1) is 0 Å². The molecule has 1 N–H and O–H groups in total. The predicted molar refractivity (Wildman–Crippen MR) is 85.0 cm³/mol. The number of carbonyl (C=O) groups is 1. The minimum Gasteiger partial charge on any atom is -0.318 e. The van der Waals surface area contributed by atoms with Crippen LogP contribution in [0.5, 0.6) is 0 Å². The molecule has 1 amide bonds. The first-order valence-electron chi connectivity index (χ1n) is 8.16. The number of hydrogen-bond donors (Lipinski definition) is 1. The van der Waals surface area contributed by atoms with Crippen molar-refractivity contribution in [3.8, 4) is 0 Å². The van der Waals surface area contributed by atoms with Gasteiger partial charge in [0.25, 0.3) is 0 Å². The van der Waals surface area contributed by atoms with Gasteiger partial charge in [-0.2, -0.15) is 11.3 Å². The van der Waals surface area contributed by atoms with Crippen LogP contribution in [0, 0.1) is 5.41 Å². The van der Waals surface area contributed by atoms with Gasteiger partial charge in [-0.1, -0.05) is 26.7 Å². The summed E-state index contributed by atoms with van der Waals surface area (Å²) in [5.74, 6) is 0.360.